The van der Waals surface area contributed by atoms with E-state index in [0.717, 1.165) is 28.7 Å². The van der Waals surface area contributed by atoms with Gasteiger partial charge in [0.2, 0.25) is 5.91 Å². The summed E-state index contributed by atoms with van der Waals surface area (Å²) in [6.45, 7) is 1.45. The number of amides is 4. The molecule has 1 aliphatic carbocycles. The van der Waals surface area contributed by atoms with Crippen molar-refractivity contribution in [1.82, 2.24) is 15.1 Å². The van der Waals surface area contributed by atoms with Crippen LogP contribution in [-0.2, 0) is 16.1 Å². The Labute approximate surface area is 172 Å². The van der Waals surface area contributed by atoms with Crippen LogP contribution in [0.3, 0.4) is 0 Å². The Morgan fingerprint density at radius 2 is 1.90 bits per heavy atom. The Balaban J connectivity index is 1.65. The summed E-state index contributed by atoms with van der Waals surface area (Å²) in [7, 11) is 1.39. The van der Waals surface area contributed by atoms with Crippen LogP contribution in [0.15, 0.2) is 24.3 Å². The molecule has 164 valence electrons. The van der Waals surface area contributed by atoms with E-state index in [2.05, 4.69) is 17.0 Å². The summed E-state index contributed by atoms with van der Waals surface area (Å²) in [4.78, 5) is 39.9. The van der Waals surface area contributed by atoms with Crippen molar-refractivity contribution in [3.8, 4) is 5.75 Å². The standard InChI is InChI=1S/C20H24F3N3O4/c1-13-7-9-19(10-8-13)17(28)26(18(29)24-19)12-16(27)25(2)11-14-5-3-4-6-15(14)30-20(21,22)23/h3-6,13H,7-12H2,1-2H3,(H,24,29). The number of para-hydroxylation sites is 1. The first-order chi connectivity index (χ1) is 14.0. The fourth-order valence-corrected chi connectivity index (χ4v) is 3.87. The van der Waals surface area contributed by atoms with E-state index in [1.165, 1.54) is 25.2 Å². The lowest BCUT2D eigenvalue weighted by Gasteiger charge is -2.33. The highest BCUT2D eigenvalue weighted by Crippen LogP contribution is 2.36. The van der Waals surface area contributed by atoms with Crippen molar-refractivity contribution in [3.05, 3.63) is 29.8 Å². The number of nitrogens with one attached hydrogen (secondary N) is 1. The van der Waals surface area contributed by atoms with Crippen LogP contribution >= 0.6 is 0 Å². The average Bonchev–Trinajstić information content (AvgIpc) is 2.89. The third-order valence-electron chi connectivity index (χ3n) is 5.70. The highest BCUT2D eigenvalue weighted by atomic mass is 19.4. The van der Waals surface area contributed by atoms with Gasteiger partial charge < -0.3 is 15.0 Å². The smallest absolute Gasteiger partial charge is 0.405 e. The van der Waals surface area contributed by atoms with Crippen molar-refractivity contribution in [2.45, 2.75) is 51.1 Å². The molecule has 3 rings (SSSR count). The maximum absolute atomic E-state index is 12.9. The van der Waals surface area contributed by atoms with Crippen LogP contribution in [0.2, 0.25) is 0 Å². The van der Waals surface area contributed by atoms with E-state index < -0.39 is 42.0 Å². The minimum absolute atomic E-state index is 0.153. The van der Waals surface area contributed by atoms with E-state index in [0.29, 0.717) is 18.8 Å². The lowest BCUT2D eigenvalue weighted by molar-refractivity contribution is -0.275. The number of urea groups is 1. The van der Waals surface area contributed by atoms with Crippen molar-refractivity contribution in [2.75, 3.05) is 13.6 Å². The molecule has 1 aromatic carbocycles. The van der Waals surface area contributed by atoms with Crippen LogP contribution in [0.4, 0.5) is 18.0 Å². The van der Waals surface area contributed by atoms with Crippen molar-refractivity contribution in [2.24, 2.45) is 5.92 Å². The second-order valence-electron chi connectivity index (χ2n) is 7.99. The quantitative estimate of drug-likeness (QED) is 0.733. The lowest BCUT2D eigenvalue weighted by Crippen LogP contribution is -2.50. The number of alkyl halides is 3. The monoisotopic (exact) mass is 427 g/mol. The van der Waals surface area contributed by atoms with Crippen LogP contribution in [0, 0.1) is 5.92 Å². The normalized spacial score (nSPS) is 24.2. The van der Waals surface area contributed by atoms with Gasteiger partial charge in [0.05, 0.1) is 0 Å². The zero-order valence-corrected chi connectivity index (χ0v) is 16.8. The third kappa shape index (κ3) is 4.68. The number of hydrogen-bond acceptors (Lipinski definition) is 4. The number of carbonyl (C=O) groups excluding carboxylic acids is 3. The van der Waals surface area contributed by atoms with Crippen molar-refractivity contribution in [1.29, 1.82) is 0 Å². The summed E-state index contributed by atoms with van der Waals surface area (Å²) in [6.07, 6.45) is -2.18. The Morgan fingerprint density at radius 1 is 1.27 bits per heavy atom. The molecule has 1 heterocycles. The van der Waals surface area contributed by atoms with Gasteiger partial charge in [0.25, 0.3) is 5.91 Å². The minimum Gasteiger partial charge on any atom is -0.405 e. The number of ether oxygens (including phenoxy) is 1. The van der Waals surface area contributed by atoms with E-state index in [9.17, 15) is 27.6 Å². The predicted octanol–water partition coefficient (Wildman–Crippen LogP) is 3.04. The molecular formula is C20H24F3N3O4. The lowest BCUT2D eigenvalue weighted by atomic mass is 9.77. The van der Waals surface area contributed by atoms with Crippen LogP contribution in [-0.4, -0.2) is 53.1 Å². The zero-order chi connectivity index (χ0) is 22.1. The Bertz CT molecular complexity index is 835. The molecule has 0 bridgehead atoms. The van der Waals surface area contributed by atoms with Gasteiger partial charge in [-0.3, -0.25) is 14.5 Å². The van der Waals surface area contributed by atoms with Crippen molar-refractivity contribution in [3.63, 3.8) is 0 Å². The maximum atomic E-state index is 12.9. The molecule has 30 heavy (non-hydrogen) atoms. The number of likely N-dealkylation sites (N-methyl/N-ethyl adjacent to an activating group) is 1. The predicted molar refractivity (Wildman–Crippen MR) is 100 cm³/mol. The molecule has 1 saturated carbocycles. The number of carbonyl (C=O) groups is 3. The molecule has 0 atom stereocenters. The van der Waals surface area contributed by atoms with Crippen LogP contribution in [0.25, 0.3) is 0 Å². The highest BCUT2D eigenvalue weighted by molar-refractivity contribution is 6.09. The minimum atomic E-state index is -4.86. The summed E-state index contributed by atoms with van der Waals surface area (Å²) in [6, 6.07) is 4.88. The van der Waals surface area contributed by atoms with Gasteiger partial charge in [-0.25, -0.2) is 4.79 Å². The molecule has 1 N–H and O–H groups in total. The summed E-state index contributed by atoms with van der Waals surface area (Å²) >= 11 is 0. The fourth-order valence-electron chi connectivity index (χ4n) is 3.87. The molecule has 1 aromatic rings. The molecular weight excluding hydrogens is 403 g/mol. The van der Waals surface area contributed by atoms with E-state index in [1.54, 1.807) is 0 Å². The van der Waals surface area contributed by atoms with Crippen LogP contribution in [0.1, 0.15) is 38.2 Å². The number of hydrogen-bond donors (Lipinski definition) is 1. The van der Waals surface area contributed by atoms with Gasteiger partial charge in [-0.1, -0.05) is 25.1 Å². The van der Waals surface area contributed by atoms with Gasteiger partial charge in [0.1, 0.15) is 17.8 Å². The molecule has 0 aromatic heterocycles. The molecule has 1 aliphatic heterocycles. The summed E-state index contributed by atoms with van der Waals surface area (Å²) in [5.41, 5.74) is -0.795. The molecule has 2 fully saturated rings. The summed E-state index contributed by atoms with van der Waals surface area (Å²) in [5.74, 6) is -0.917. The number of nitrogens with zero attached hydrogens (tertiary/aromatic N) is 2. The fraction of sp³-hybridized carbons (Fsp3) is 0.550. The summed E-state index contributed by atoms with van der Waals surface area (Å²) < 4.78 is 41.7. The van der Waals surface area contributed by atoms with Crippen molar-refractivity contribution < 1.29 is 32.3 Å². The molecule has 1 spiro atoms. The van der Waals surface area contributed by atoms with E-state index in [1.807, 2.05) is 0 Å². The first-order valence-electron chi connectivity index (χ1n) is 9.72. The zero-order valence-electron chi connectivity index (χ0n) is 16.8. The van der Waals surface area contributed by atoms with E-state index in [4.69, 9.17) is 0 Å². The van der Waals surface area contributed by atoms with Gasteiger partial charge in [-0.2, -0.15) is 0 Å². The second kappa shape index (κ2) is 8.16. The van der Waals surface area contributed by atoms with E-state index in [-0.39, 0.29) is 12.1 Å². The summed E-state index contributed by atoms with van der Waals surface area (Å²) in [5, 5.41) is 2.74. The van der Waals surface area contributed by atoms with Gasteiger partial charge in [-0.05, 0) is 37.7 Å². The Morgan fingerprint density at radius 3 is 2.53 bits per heavy atom. The molecule has 4 amide bonds. The molecule has 0 radical (unpaired) electrons. The third-order valence-corrected chi connectivity index (χ3v) is 5.70. The number of rotatable bonds is 5. The second-order valence-corrected chi connectivity index (χ2v) is 7.99. The maximum Gasteiger partial charge on any atom is 0.573 e. The van der Waals surface area contributed by atoms with E-state index >= 15 is 0 Å². The van der Waals surface area contributed by atoms with Gasteiger partial charge in [0, 0.05) is 19.2 Å². The van der Waals surface area contributed by atoms with Gasteiger partial charge in [0.15, 0.2) is 0 Å². The first-order valence-corrected chi connectivity index (χ1v) is 9.72. The Kier molecular flexibility index (Phi) is 5.96. The molecule has 1 saturated heterocycles. The average molecular weight is 427 g/mol. The van der Waals surface area contributed by atoms with Gasteiger partial charge in [-0.15, -0.1) is 13.2 Å². The largest absolute Gasteiger partial charge is 0.573 e. The number of imide groups is 1. The molecule has 7 nitrogen and oxygen atoms in total. The topological polar surface area (TPSA) is 79.0 Å². The molecule has 0 unspecified atom stereocenters. The van der Waals surface area contributed by atoms with Crippen LogP contribution in [0.5, 0.6) is 5.75 Å². The SMILES string of the molecule is CC1CCC2(CC1)NC(=O)N(CC(=O)N(C)Cc1ccccc1OC(F)(F)F)C2=O. The van der Waals surface area contributed by atoms with Gasteiger partial charge >= 0.3 is 12.4 Å². The van der Waals surface area contributed by atoms with Crippen molar-refractivity contribution >= 4 is 17.8 Å². The first kappa shape index (κ1) is 21.9. The highest BCUT2D eigenvalue weighted by Gasteiger charge is 2.52. The number of halogens is 3. The van der Waals surface area contributed by atoms with Crippen LogP contribution < -0.4 is 10.1 Å². The molecule has 10 heteroatoms. The molecule has 2 aliphatic rings. The number of benzene rings is 1. The Hall–Kier alpha value is -2.78.